The Labute approximate surface area is 179 Å². The molecule has 3 aromatic carbocycles. The van der Waals surface area contributed by atoms with Gasteiger partial charge in [-0.3, -0.25) is 4.98 Å². The van der Waals surface area contributed by atoms with Crippen LogP contribution in [-0.2, 0) is 0 Å². The number of hydrogen-bond acceptors (Lipinski definition) is 4. The highest BCUT2D eigenvalue weighted by Crippen LogP contribution is 2.34. The lowest BCUT2D eigenvalue weighted by molar-refractivity contribution is 0.449. The van der Waals surface area contributed by atoms with Crippen molar-refractivity contribution in [2.24, 2.45) is 0 Å². The van der Waals surface area contributed by atoms with Gasteiger partial charge in [-0.15, -0.1) is 0 Å². The molecule has 0 fully saturated rings. The molecule has 0 aliphatic carbocycles. The second-order valence-corrected chi connectivity index (χ2v) is 8.02. The van der Waals surface area contributed by atoms with Gasteiger partial charge in [0.2, 0.25) is 0 Å². The number of H-pyrrole nitrogens is 1. The van der Waals surface area contributed by atoms with Crippen LogP contribution in [0.25, 0.3) is 22.2 Å². The minimum absolute atomic E-state index is 0.492. The van der Waals surface area contributed by atoms with Crippen LogP contribution in [0.5, 0.6) is 11.8 Å². The summed E-state index contributed by atoms with van der Waals surface area (Å²) in [5, 5.41) is 0. The summed E-state index contributed by atoms with van der Waals surface area (Å²) in [6.07, 6.45) is 3.61. The number of imidazole rings is 1. The minimum Gasteiger partial charge on any atom is -0.426 e. The molecule has 5 rings (SSSR count). The zero-order valence-electron chi connectivity index (χ0n) is 16.4. The van der Waals surface area contributed by atoms with E-state index in [1.54, 1.807) is 24.2 Å². The Balaban J connectivity index is 1.38. The molecule has 0 atom stereocenters. The van der Waals surface area contributed by atoms with Crippen molar-refractivity contribution in [2.75, 3.05) is 0 Å². The number of hydrogen-bond donors (Lipinski definition) is 1. The van der Waals surface area contributed by atoms with Crippen molar-refractivity contribution < 1.29 is 4.74 Å². The second kappa shape index (κ2) is 8.05. The van der Waals surface area contributed by atoms with E-state index < -0.39 is 0 Å². The number of nitrogens with one attached hydrogen (secondary N) is 1. The van der Waals surface area contributed by atoms with Crippen LogP contribution in [-0.4, -0.2) is 15.0 Å². The van der Waals surface area contributed by atoms with Gasteiger partial charge < -0.3 is 9.72 Å². The van der Waals surface area contributed by atoms with Crippen molar-refractivity contribution in [3.63, 3.8) is 0 Å². The highest BCUT2D eigenvalue weighted by atomic mass is 32.2. The molecule has 0 bridgehead atoms. The fourth-order valence-corrected chi connectivity index (χ4v) is 4.22. The highest BCUT2D eigenvalue weighted by Gasteiger charge is 2.11. The van der Waals surface area contributed by atoms with Gasteiger partial charge in [-0.1, -0.05) is 54.2 Å². The van der Waals surface area contributed by atoms with Crippen LogP contribution in [0.3, 0.4) is 0 Å². The molecule has 0 unspecified atom stereocenters. The van der Waals surface area contributed by atoms with Crippen LogP contribution in [0.15, 0.2) is 101 Å². The second-order valence-electron chi connectivity index (χ2n) is 6.90. The van der Waals surface area contributed by atoms with E-state index in [0.29, 0.717) is 6.01 Å². The van der Waals surface area contributed by atoms with E-state index in [1.165, 1.54) is 10.5 Å². The molecule has 0 amide bonds. The van der Waals surface area contributed by atoms with Gasteiger partial charge >= 0.3 is 0 Å². The van der Waals surface area contributed by atoms with Gasteiger partial charge in [-0.2, -0.15) is 4.98 Å². The summed E-state index contributed by atoms with van der Waals surface area (Å²) in [6, 6.07) is 27.0. The molecular formula is C25H19N3OS. The smallest absolute Gasteiger partial charge is 0.300 e. The first-order valence-electron chi connectivity index (χ1n) is 9.67. The first-order chi connectivity index (χ1) is 14.8. The maximum absolute atomic E-state index is 5.99. The Morgan fingerprint density at radius 3 is 2.30 bits per heavy atom. The van der Waals surface area contributed by atoms with E-state index in [4.69, 9.17) is 4.74 Å². The van der Waals surface area contributed by atoms with E-state index in [9.17, 15) is 0 Å². The predicted octanol–water partition coefficient (Wildman–Crippen LogP) is 6.88. The average Bonchev–Trinajstić information content (AvgIpc) is 3.21. The first-order valence-corrected chi connectivity index (χ1v) is 10.5. The van der Waals surface area contributed by atoms with Crippen LogP contribution in [0, 0.1) is 6.92 Å². The van der Waals surface area contributed by atoms with Crippen molar-refractivity contribution in [1.82, 2.24) is 15.0 Å². The fraction of sp³-hybridized carbons (Fsp3) is 0.0400. The van der Waals surface area contributed by atoms with Gasteiger partial charge in [0.1, 0.15) is 5.75 Å². The number of aromatic amines is 1. The number of nitrogens with zero attached hydrogens (tertiary/aromatic N) is 2. The third-order valence-electron chi connectivity index (χ3n) is 4.89. The molecule has 146 valence electrons. The zero-order chi connectivity index (χ0) is 20.3. The predicted molar refractivity (Wildman–Crippen MR) is 121 cm³/mol. The first kappa shape index (κ1) is 18.5. The Morgan fingerprint density at radius 2 is 1.53 bits per heavy atom. The lowest BCUT2D eigenvalue weighted by atomic mass is 10.1. The summed E-state index contributed by atoms with van der Waals surface area (Å²) >= 11 is 1.71. The van der Waals surface area contributed by atoms with Crippen molar-refractivity contribution in [1.29, 1.82) is 0 Å². The molecule has 30 heavy (non-hydrogen) atoms. The SMILES string of the molecule is Cc1c(Sc2ccncc2)ccc2[nH]c(Oc3ccc(-c4ccccc4)cc3)nc12. The summed E-state index contributed by atoms with van der Waals surface area (Å²) in [5.74, 6) is 0.748. The summed E-state index contributed by atoms with van der Waals surface area (Å²) in [6.45, 7) is 2.09. The Morgan fingerprint density at radius 1 is 0.800 bits per heavy atom. The summed E-state index contributed by atoms with van der Waals surface area (Å²) < 4.78 is 5.99. The normalized spacial score (nSPS) is 11.0. The zero-order valence-corrected chi connectivity index (χ0v) is 17.2. The summed E-state index contributed by atoms with van der Waals surface area (Å²) in [4.78, 5) is 14.4. The minimum atomic E-state index is 0.492. The van der Waals surface area contributed by atoms with Gasteiger partial charge in [0.25, 0.3) is 6.01 Å². The Kier molecular flexibility index (Phi) is 4.95. The molecule has 1 N–H and O–H groups in total. The molecule has 2 aromatic heterocycles. The van der Waals surface area contributed by atoms with Gasteiger partial charge in [0.15, 0.2) is 0 Å². The molecule has 4 nitrogen and oxygen atoms in total. The monoisotopic (exact) mass is 409 g/mol. The quantitative estimate of drug-likeness (QED) is 0.344. The maximum Gasteiger partial charge on any atom is 0.300 e. The number of rotatable bonds is 5. The Bertz CT molecular complexity index is 1280. The molecule has 0 aliphatic heterocycles. The van der Waals surface area contributed by atoms with Gasteiger partial charge in [0.05, 0.1) is 11.0 Å². The van der Waals surface area contributed by atoms with Crippen molar-refractivity contribution in [3.8, 4) is 22.9 Å². The number of aromatic nitrogens is 3. The number of fused-ring (bicyclic) bond motifs is 1. The number of ether oxygens (including phenoxy) is 1. The molecule has 0 saturated heterocycles. The topological polar surface area (TPSA) is 50.8 Å². The van der Waals surface area contributed by atoms with E-state index in [2.05, 4.69) is 52.2 Å². The van der Waals surface area contributed by atoms with E-state index in [-0.39, 0.29) is 0 Å². The fourth-order valence-electron chi connectivity index (χ4n) is 3.32. The van der Waals surface area contributed by atoms with Gasteiger partial charge in [-0.05, 0) is 60.0 Å². The molecule has 0 saturated carbocycles. The van der Waals surface area contributed by atoms with E-state index in [0.717, 1.165) is 32.8 Å². The highest BCUT2D eigenvalue weighted by molar-refractivity contribution is 7.99. The lowest BCUT2D eigenvalue weighted by Gasteiger charge is -2.05. The molecule has 0 spiro atoms. The van der Waals surface area contributed by atoms with E-state index in [1.807, 2.05) is 48.5 Å². The standard InChI is InChI=1S/C25H19N3OS/c1-17-23(30-21-13-15-26-16-14-21)12-11-22-24(17)28-25(27-22)29-20-9-7-19(8-10-20)18-5-3-2-4-6-18/h2-16H,1H3,(H,27,28). The van der Waals surface area contributed by atoms with Crippen LogP contribution in [0.2, 0.25) is 0 Å². The molecule has 5 heteroatoms. The van der Waals surface area contributed by atoms with Crippen molar-refractivity contribution in [2.45, 2.75) is 16.7 Å². The van der Waals surface area contributed by atoms with Crippen molar-refractivity contribution >= 4 is 22.8 Å². The van der Waals surface area contributed by atoms with Gasteiger partial charge in [-0.25, -0.2) is 0 Å². The van der Waals surface area contributed by atoms with Crippen LogP contribution in [0.4, 0.5) is 0 Å². The molecular weight excluding hydrogens is 390 g/mol. The number of aryl methyl sites for hydroxylation is 1. The van der Waals surface area contributed by atoms with Gasteiger partial charge in [0, 0.05) is 22.2 Å². The number of pyridine rings is 1. The molecule has 0 radical (unpaired) electrons. The van der Waals surface area contributed by atoms with Crippen LogP contribution >= 0.6 is 11.8 Å². The molecule has 2 heterocycles. The van der Waals surface area contributed by atoms with Crippen LogP contribution < -0.4 is 4.74 Å². The lowest BCUT2D eigenvalue weighted by Crippen LogP contribution is -1.86. The molecule has 0 aliphatic rings. The van der Waals surface area contributed by atoms with Crippen LogP contribution in [0.1, 0.15) is 5.56 Å². The van der Waals surface area contributed by atoms with Crippen molar-refractivity contribution in [3.05, 3.63) is 96.8 Å². The Hall–Kier alpha value is -3.57. The maximum atomic E-state index is 5.99. The summed E-state index contributed by atoms with van der Waals surface area (Å²) in [7, 11) is 0. The third kappa shape index (κ3) is 3.80. The van der Waals surface area contributed by atoms with E-state index >= 15 is 0 Å². The third-order valence-corrected chi connectivity index (χ3v) is 6.06. The average molecular weight is 410 g/mol. The molecule has 5 aromatic rings. The summed E-state index contributed by atoms with van der Waals surface area (Å²) in [5.41, 5.74) is 5.34. The number of benzene rings is 3. The largest absolute Gasteiger partial charge is 0.426 e.